The molecule has 0 bridgehead atoms. The number of aromatic hydroxyl groups is 2. The van der Waals surface area contributed by atoms with Crippen LogP contribution in [0.25, 0.3) is 22.7 Å². The lowest BCUT2D eigenvalue weighted by atomic mass is 10.2. The van der Waals surface area contributed by atoms with Gasteiger partial charge in [-0.15, -0.1) is 0 Å². The van der Waals surface area contributed by atoms with Crippen LogP contribution in [0.5, 0.6) is 17.2 Å². The van der Waals surface area contributed by atoms with Gasteiger partial charge in [0.2, 0.25) is 0 Å². The molecule has 0 aliphatic heterocycles. The predicted molar refractivity (Wildman–Crippen MR) is 103 cm³/mol. The number of methoxy groups -OCH3 is 1. The summed E-state index contributed by atoms with van der Waals surface area (Å²) in [5, 5.41) is 32.2. The largest absolute Gasteiger partial charge is 0.508 e. The molecule has 0 saturated carbocycles. The van der Waals surface area contributed by atoms with Crippen molar-refractivity contribution >= 4 is 22.7 Å². The van der Waals surface area contributed by atoms with Gasteiger partial charge in [-0.2, -0.15) is 0 Å². The van der Waals surface area contributed by atoms with Gasteiger partial charge in [0, 0.05) is 32.4 Å². The molecule has 0 saturated heterocycles. The summed E-state index contributed by atoms with van der Waals surface area (Å²) in [4.78, 5) is 13.1. The molecule has 8 nitrogen and oxygen atoms in total. The summed E-state index contributed by atoms with van der Waals surface area (Å²) in [5.74, 6) is 0.178. The summed E-state index contributed by atoms with van der Waals surface area (Å²) in [6.45, 7) is 0. The molecule has 0 fully saturated rings. The molecule has 2 aromatic carbocycles. The lowest BCUT2D eigenvalue weighted by molar-refractivity contribution is -0.383. The molecule has 0 aliphatic carbocycles. The van der Waals surface area contributed by atoms with Gasteiger partial charge in [0.25, 0.3) is 0 Å². The minimum absolute atomic E-state index is 0.0166. The van der Waals surface area contributed by atoms with Crippen molar-refractivity contribution in [1.82, 2.24) is 9.47 Å². The van der Waals surface area contributed by atoms with Gasteiger partial charge >= 0.3 is 5.69 Å². The van der Waals surface area contributed by atoms with E-state index in [0.717, 1.165) is 0 Å². The van der Waals surface area contributed by atoms with Crippen LogP contribution in [0.2, 0.25) is 0 Å². The summed E-state index contributed by atoms with van der Waals surface area (Å²) < 4.78 is 6.68. The zero-order valence-electron chi connectivity index (χ0n) is 15.1. The summed E-state index contributed by atoms with van der Waals surface area (Å²) in [6, 6.07) is 9.08. The fraction of sp³-hybridized carbons (Fsp3) is 0.158. The third kappa shape index (κ3) is 3.24. The lowest BCUT2D eigenvalue weighted by Gasteiger charge is -2.11. The molecule has 0 aliphatic rings. The maximum absolute atomic E-state index is 11.8. The fourth-order valence-corrected chi connectivity index (χ4v) is 2.94. The number of hydrogen-bond acceptors (Lipinski definition) is 6. The quantitative estimate of drug-likeness (QED) is 0.527. The maximum atomic E-state index is 11.8. The molecule has 3 aromatic rings. The van der Waals surface area contributed by atoms with Crippen LogP contribution >= 0.6 is 0 Å². The van der Waals surface area contributed by atoms with Crippen LogP contribution < -0.4 is 4.74 Å². The lowest BCUT2D eigenvalue weighted by Crippen LogP contribution is -2.02. The minimum Gasteiger partial charge on any atom is -0.508 e. The van der Waals surface area contributed by atoms with Gasteiger partial charge in [-0.05, 0) is 30.3 Å². The zero-order chi connectivity index (χ0) is 19.7. The highest BCUT2D eigenvalue weighted by atomic mass is 16.6. The van der Waals surface area contributed by atoms with E-state index in [1.165, 1.54) is 31.4 Å². The predicted octanol–water partition coefficient (Wildman–Crippen LogP) is 3.49. The standard InChI is InChI=1S/C19H19N3O5/c1-20(2)9-8-15-19(22(25)26)14-6-5-13(23)11-16(14)21(15)12-4-7-18(27-3)17(24)10-12/h4-11,23-24H,1-3H3. The van der Waals surface area contributed by atoms with Gasteiger partial charge in [0.05, 0.1) is 28.6 Å². The Labute approximate surface area is 155 Å². The van der Waals surface area contributed by atoms with Gasteiger partial charge < -0.3 is 24.4 Å². The molecule has 0 atom stereocenters. The smallest absolute Gasteiger partial charge is 0.302 e. The highest BCUT2D eigenvalue weighted by Crippen LogP contribution is 2.39. The Bertz CT molecular complexity index is 1050. The normalized spacial score (nSPS) is 11.2. The Kier molecular flexibility index (Phi) is 4.64. The van der Waals surface area contributed by atoms with Crippen LogP contribution in [0.15, 0.2) is 42.6 Å². The first kappa shape index (κ1) is 18.1. The number of hydrogen-bond donors (Lipinski definition) is 2. The fourth-order valence-electron chi connectivity index (χ4n) is 2.94. The number of rotatable bonds is 5. The maximum Gasteiger partial charge on any atom is 0.302 e. The van der Waals surface area contributed by atoms with Crippen molar-refractivity contribution in [3.05, 3.63) is 58.4 Å². The van der Waals surface area contributed by atoms with E-state index in [1.54, 1.807) is 48.0 Å². The molecule has 140 valence electrons. The Hall–Kier alpha value is -3.68. The molecule has 0 amide bonds. The molecule has 0 unspecified atom stereocenters. The van der Waals surface area contributed by atoms with Crippen molar-refractivity contribution in [2.45, 2.75) is 0 Å². The van der Waals surface area contributed by atoms with Gasteiger partial charge in [0.15, 0.2) is 11.5 Å². The van der Waals surface area contributed by atoms with E-state index in [0.29, 0.717) is 22.3 Å². The van der Waals surface area contributed by atoms with E-state index < -0.39 is 4.92 Å². The average Bonchev–Trinajstić information content (AvgIpc) is 2.93. The van der Waals surface area contributed by atoms with Crippen LogP contribution in [0.1, 0.15) is 5.69 Å². The number of phenols is 2. The SMILES string of the molecule is COc1ccc(-n2c(C=CN(C)C)c([N+](=O)[O-])c3ccc(O)cc32)cc1O. The third-order valence-electron chi connectivity index (χ3n) is 4.09. The van der Waals surface area contributed by atoms with Crippen LogP contribution in [-0.2, 0) is 0 Å². The number of nitro groups is 1. The summed E-state index contributed by atoms with van der Waals surface area (Å²) in [6.07, 6.45) is 3.32. The van der Waals surface area contributed by atoms with Crippen LogP contribution in [0.4, 0.5) is 5.69 Å². The molecule has 0 radical (unpaired) electrons. The summed E-state index contributed by atoms with van der Waals surface area (Å²) in [7, 11) is 5.05. The van der Waals surface area contributed by atoms with E-state index in [2.05, 4.69) is 0 Å². The Morgan fingerprint density at radius 1 is 1.19 bits per heavy atom. The number of nitrogens with zero attached hydrogens (tertiary/aromatic N) is 3. The molecule has 0 spiro atoms. The first-order chi connectivity index (χ1) is 12.8. The van der Waals surface area contributed by atoms with Crippen molar-refractivity contribution in [2.75, 3.05) is 21.2 Å². The second-order valence-corrected chi connectivity index (χ2v) is 6.16. The van der Waals surface area contributed by atoms with Gasteiger partial charge in [-0.3, -0.25) is 10.1 Å². The van der Waals surface area contributed by atoms with E-state index in [4.69, 9.17) is 4.74 Å². The topological polar surface area (TPSA) is 101 Å². The molecule has 1 heterocycles. The average molecular weight is 369 g/mol. The molecule has 27 heavy (non-hydrogen) atoms. The Morgan fingerprint density at radius 3 is 2.52 bits per heavy atom. The first-order valence-electron chi connectivity index (χ1n) is 8.07. The summed E-state index contributed by atoms with van der Waals surface area (Å²) >= 11 is 0. The minimum atomic E-state index is -0.450. The second-order valence-electron chi connectivity index (χ2n) is 6.16. The van der Waals surface area contributed by atoms with E-state index in [1.807, 2.05) is 0 Å². The Balaban J connectivity index is 2.41. The highest BCUT2D eigenvalue weighted by Gasteiger charge is 2.26. The zero-order valence-corrected chi connectivity index (χ0v) is 15.1. The molecular formula is C19H19N3O5. The molecule has 2 N–H and O–H groups in total. The van der Waals surface area contributed by atoms with Gasteiger partial charge in [-0.25, -0.2) is 0 Å². The number of benzene rings is 2. The highest BCUT2D eigenvalue weighted by molar-refractivity contribution is 5.96. The van der Waals surface area contributed by atoms with Crippen molar-refractivity contribution in [3.63, 3.8) is 0 Å². The summed E-state index contributed by atoms with van der Waals surface area (Å²) in [5.41, 5.74) is 1.18. The van der Waals surface area contributed by atoms with E-state index >= 15 is 0 Å². The Morgan fingerprint density at radius 2 is 1.93 bits per heavy atom. The first-order valence-corrected chi connectivity index (χ1v) is 8.07. The number of ether oxygens (including phenoxy) is 1. The van der Waals surface area contributed by atoms with Crippen molar-refractivity contribution < 1.29 is 19.9 Å². The van der Waals surface area contributed by atoms with Crippen LogP contribution in [0.3, 0.4) is 0 Å². The van der Waals surface area contributed by atoms with Crippen molar-refractivity contribution in [3.8, 4) is 22.9 Å². The van der Waals surface area contributed by atoms with Gasteiger partial charge in [0.1, 0.15) is 11.4 Å². The molecule has 3 rings (SSSR count). The molecule has 8 heteroatoms. The van der Waals surface area contributed by atoms with Crippen molar-refractivity contribution in [1.29, 1.82) is 0 Å². The number of fused-ring (bicyclic) bond motifs is 1. The molecule has 1 aromatic heterocycles. The number of aromatic nitrogens is 1. The van der Waals surface area contributed by atoms with E-state index in [9.17, 15) is 20.3 Å². The second kappa shape index (κ2) is 6.91. The van der Waals surface area contributed by atoms with E-state index in [-0.39, 0.29) is 22.9 Å². The number of phenolic OH excluding ortho intramolecular Hbond substituents is 2. The molecular weight excluding hydrogens is 350 g/mol. The monoisotopic (exact) mass is 369 g/mol. The third-order valence-corrected chi connectivity index (χ3v) is 4.09. The van der Waals surface area contributed by atoms with Gasteiger partial charge in [-0.1, -0.05) is 0 Å². The van der Waals surface area contributed by atoms with Crippen LogP contribution in [-0.4, -0.2) is 45.8 Å². The van der Waals surface area contributed by atoms with Crippen LogP contribution in [0, 0.1) is 10.1 Å². The van der Waals surface area contributed by atoms with Crippen molar-refractivity contribution in [2.24, 2.45) is 0 Å².